The molecule has 1 unspecified atom stereocenters. The summed E-state index contributed by atoms with van der Waals surface area (Å²) in [4.78, 5) is 11.1. The van der Waals surface area contributed by atoms with Crippen LogP contribution in [0.3, 0.4) is 0 Å². The molecular formula is C9H19NO2. The van der Waals surface area contributed by atoms with Gasteiger partial charge in [0.1, 0.15) is 6.04 Å². The van der Waals surface area contributed by atoms with Crippen LogP contribution in [0.1, 0.15) is 34.1 Å². The Hall–Kier alpha value is -0.570. The van der Waals surface area contributed by atoms with Gasteiger partial charge in [0.05, 0.1) is 6.61 Å². The van der Waals surface area contributed by atoms with Gasteiger partial charge in [0.25, 0.3) is 0 Å². The van der Waals surface area contributed by atoms with Crippen molar-refractivity contribution in [2.24, 2.45) is 11.1 Å². The predicted octanol–water partition coefficient (Wildman–Crippen LogP) is 1.31. The summed E-state index contributed by atoms with van der Waals surface area (Å²) >= 11 is 0. The first-order chi connectivity index (χ1) is 5.37. The molecule has 0 aliphatic heterocycles. The van der Waals surface area contributed by atoms with Crippen molar-refractivity contribution in [3.05, 3.63) is 0 Å². The fourth-order valence-corrected chi connectivity index (χ4v) is 0.992. The van der Waals surface area contributed by atoms with Crippen LogP contribution in [0.4, 0.5) is 0 Å². The van der Waals surface area contributed by atoms with E-state index in [1.165, 1.54) is 0 Å². The van der Waals surface area contributed by atoms with Gasteiger partial charge in [0.15, 0.2) is 0 Å². The summed E-state index contributed by atoms with van der Waals surface area (Å²) in [7, 11) is 0. The zero-order chi connectivity index (χ0) is 9.78. The third-order valence-corrected chi connectivity index (χ3v) is 1.42. The lowest BCUT2D eigenvalue weighted by Crippen LogP contribution is -2.35. The van der Waals surface area contributed by atoms with Crippen LogP contribution in [0.5, 0.6) is 0 Å². The Morgan fingerprint density at radius 1 is 1.50 bits per heavy atom. The molecule has 0 aromatic rings. The minimum Gasteiger partial charge on any atom is -0.465 e. The van der Waals surface area contributed by atoms with Crippen LogP contribution in [0.15, 0.2) is 0 Å². The lowest BCUT2D eigenvalue weighted by Gasteiger charge is -2.21. The highest BCUT2D eigenvalue weighted by Gasteiger charge is 2.21. The molecule has 2 N–H and O–H groups in total. The number of carbonyl (C=O) groups is 1. The van der Waals surface area contributed by atoms with E-state index in [0.717, 1.165) is 0 Å². The SMILES string of the molecule is CCOC(=O)C(N)CC(C)(C)C. The molecule has 0 rings (SSSR count). The zero-order valence-electron chi connectivity index (χ0n) is 8.39. The fourth-order valence-electron chi connectivity index (χ4n) is 0.992. The molecule has 0 amide bonds. The van der Waals surface area contributed by atoms with E-state index in [0.29, 0.717) is 13.0 Å². The maximum Gasteiger partial charge on any atom is 0.322 e. The molecule has 0 heterocycles. The van der Waals surface area contributed by atoms with Crippen LogP contribution >= 0.6 is 0 Å². The largest absolute Gasteiger partial charge is 0.465 e. The Morgan fingerprint density at radius 2 is 2.00 bits per heavy atom. The van der Waals surface area contributed by atoms with Gasteiger partial charge in [-0.2, -0.15) is 0 Å². The molecule has 0 aliphatic carbocycles. The molecule has 1 atom stereocenters. The second-order valence-electron chi connectivity index (χ2n) is 4.12. The first kappa shape index (κ1) is 11.4. The molecule has 0 aliphatic rings. The quantitative estimate of drug-likeness (QED) is 0.655. The van der Waals surface area contributed by atoms with E-state index in [1.807, 2.05) is 20.8 Å². The van der Waals surface area contributed by atoms with E-state index in [4.69, 9.17) is 10.5 Å². The molecule has 0 radical (unpaired) electrons. The van der Waals surface area contributed by atoms with Gasteiger partial charge in [-0.25, -0.2) is 0 Å². The number of ether oxygens (including phenoxy) is 1. The molecule has 0 spiro atoms. The van der Waals surface area contributed by atoms with Gasteiger partial charge in [0.2, 0.25) is 0 Å². The van der Waals surface area contributed by atoms with Gasteiger partial charge in [-0.3, -0.25) is 4.79 Å². The molecule has 3 nitrogen and oxygen atoms in total. The molecule has 0 fully saturated rings. The van der Waals surface area contributed by atoms with E-state index in [2.05, 4.69) is 0 Å². The van der Waals surface area contributed by atoms with E-state index >= 15 is 0 Å². The van der Waals surface area contributed by atoms with E-state index in [1.54, 1.807) is 6.92 Å². The Bertz CT molecular complexity index is 149. The highest BCUT2D eigenvalue weighted by Crippen LogP contribution is 2.20. The molecule has 72 valence electrons. The average molecular weight is 173 g/mol. The van der Waals surface area contributed by atoms with Gasteiger partial charge < -0.3 is 10.5 Å². The smallest absolute Gasteiger partial charge is 0.322 e. The number of carbonyl (C=O) groups excluding carboxylic acids is 1. The van der Waals surface area contributed by atoms with Crippen LogP contribution in [-0.2, 0) is 9.53 Å². The van der Waals surface area contributed by atoms with Crippen molar-refractivity contribution in [3.8, 4) is 0 Å². The minimum absolute atomic E-state index is 0.0756. The Morgan fingerprint density at radius 3 is 2.33 bits per heavy atom. The molecule has 3 heteroatoms. The summed E-state index contributed by atoms with van der Waals surface area (Å²) in [5.74, 6) is -0.299. The second-order valence-corrected chi connectivity index (χ2v) is 4.12. The first-order valence-electron chi connectivity index (χ1n) is 4.29. The number of hydrogen-bond donors (Lipinski definition) is 1. The highest BCUT2D eigenvalue weighted by molar-refractivity contribution is 5.75. The summed E-state index contributed by atoms with van der Waals surface area (Å²) in [6.45, 7) is 8.32. The van der Waals surface area contributed by atoms with E-state index in [-0.39, 0.29) is 11.4 Å². The lowest BCUT2D eigenvalue weighted by molar-refractivity contribution is -0.145. The lowest BCUT2D eigenvalue weighted by atomic mass is 9.88. The van der Waals surface area contributed by atoms with E-state index in [9.17, 15) is 4.79 Å². The first-order valence-corrected chi connectivity index (χ1v) is 4.29. The molecule has 0 aromatic carbocycles. The molecule has 0 aromatic heterocycles. The summed E-state index contributed by atoms with van der Waals surface area (Å²) in [5, 5.41) is 0. The maximum atomic E-state index is 11.1. The van der Waals surface area contributed by atoms with Gasteiger partial charge >= 0.3 is 5.97 Å². The molecule has 0 saturated heterocycles. The van der Waals surface area contributed by atoms with Crippen LogP contribution in [0, 0.1) is 5.41 Å². The van der Waals surface area contributed by atoms with Gasteiger partial charge in [-0.1, -0.05) is 20.8 Å². The molecular weight excluding hydrogens is 154 g/mol. The van der Waals surface area contributed by atoms with E-state index < -0.39 is 6.04 Å². The van der Waals surface area contributed by atoms with Gasteiger partial charge in [0, 0.05) is 0 Å². The Labute approximate surface area is 74.3 Å². The fraction of sp³-hybridized carbons (Fsp3) is 0.889. The summed E-state index contributed by atoms with van der Waals surface area (Å²) in [5.41, 5.74) is 5.69. The number of esters is 1. The zero-order valence-corrected chi connectivity index (χ0v) is 8.39. The third kappa shape index (κ3) is 5.13. The van der Waals surface area contributed by atoms with Crippen LogP contribution in [-0.4, -0.2) is 18.6 Å². The average Bonchev–Trinajstić information content (AvgIpc) is 1.84. The number of rotatable bonds is 3. The minimum atomic E-state index is -0.482. The second kappa shape index (κ2) is 4.45. The molecule has 0 saturated carbocycles. The standard InChI is InChI=1S/C9H19NO2/c1-5-12-8(11)7(10)6-9(2,3)4/h7H,5-6,10H2,1-4H3. The highest BCUT2D eigenvalue weighted by atomic mass is 16.5. The van der Waals surface area contributed by atoms with Crippen molar-refractivity contribution >= 4 is 5.97 Å². The van der Waals surface area contributed by atoms with Crippen LogP contribution < -0.4 is 5.73 Å². The van der Waals surface area contributed by atoms with Crippen LogP contribution in [0.2, 0.25) is 0 Å². The normalized spacial score (nSPS) is 14.1. The third-order valence-electron chi connectivity index (χ3n) is 1.42. The maximum absolute atomic E-state index is 11.1. The number of hydrogen-bond acceptors (Lipinski definition) is 3. The summed E-state index contributed by atoms with van der Waals surface area (Å²) in [6, 6.07) is -0.482. The van der Waals surface area contributed by atoms with Crippen molar-refractivity contribution in [2.45, 2.75) is 40.2 Å². The van der Waals surface area contributed by atoms with Crippen molar-refractivity contribution in [2.75, 3.05) is 6.61 Å². The predicted molar refractivity (Wildman–Crippen MR) is 48.7 cm³/mol. The topological polar surface area (TPSA) is 52.3 Å². The van der Waals surface area contributed by atoms with Gasteiger partial charge in [-0.15, -0.1) is 0 Å². The van der Waals surface area contributed by atoms with Crippen molar-refractivity contribution in [1.29, 1.82) is 0 Å². The van der Waals surface area contributed by atoms with Gasteiger partial charge in [-0.05, 0) is 18.8 Å². The van der Waals surface area contributed by atoms with Crippen LogP contribution in [0.25, 0.3) is 0 Å². The monoisotopic (exact) mass is 173 g/mol. The Kier molecular flexibility index (Phi) is 4.24. The van der Waals surface area contributed by atoms with Crippen molar-refractivity contribution < 1.29 is 9.53 Å². The summed E-state index contributed by atoms with van der Waals surface area (Å²) in [6.07, 6.45) is 0.659. The molecule has 0 bridgehead atoms. The Balaban J connectivity index is 3.87. The summed E-state index contributed by atoms with van der Waals surface area (Å²) < 4.78 is 4.79. The van der Waals surface area contributed by atoms with Crippen molar-refractivity contribution in [3.63, 3.8) is 0 Å². The van der Waals surface area contributed by atoms with Crippen molar-refractivity contribution in [1.82, 2.24) is 0 Å². The number of nitrogens with two attached hydrogens (primary N) is 1. The molecule has 12 heavy (non-hydrogen) atoms.